The van der Waals surface area contributed by atoms with Gasteiger partial charge < -0.3 is 10.2 Å². The SMILES string of the molecule is C[C@@H]1C[C@H](C[C@@H]2CCCCN2)N2[C@@H](CCC[C@H]2C[C@@H]2C[C@H](C)C[C@H]3[C@H]2CCCN3C=O)C1. The van der Waals surface area contributed by atoms with Crippen LogP contribution in [-0.4, -0.2) is 59.5 Å². The van der Waals surface area contributed by atoms with Crippen LogP contribution in [-0.2, 0) is 4.79 Å². The predicted octanol–water partition coefficient (Wildman–Crippen LogP) is 5.21. The van der Waals surface area contributed by atoms with Gasteiger partial charge in [-0.25, -0.2) is 0 Å². The number of hydrogen-bond donors (Lipinski definition) is 1. The van der Waals surface area contributed by atoms with Gasteiger partial charge in [0.25, 0.3) is 0 Å². The van der Waals surface area contributed by atoms with Gasteiger partial charge in [-0.05, 0) is 107 Å². The molecule has 182 valence electrons. The van der Waals surface area contributed by atoms with Gasteiger partial charge in [0.2, 0.25) is 6.41 Å². The van der Waals surface area contributed by atoms with Crippen LogP contribution in [0.5, 0.6) is 0 Å². The third-order valence-corrected chi connectivity index (χ3v) is 10.2. The van der Waals surface area contributed by atoms with Crippen LogP contribution in [0.2, 0.25) is 0 Å². The number of nitrogens with one attached hydrogen (secondary N) is 1. The zero-order chi connectivity index (χ0) is 22.1. The minimum Gasteiger partial charge on any atom is -0.342 e. The number of hydrogen-bond acceptors (Lipinski definition) is 3. The van der Waals surface area contributed by atoms with Gasteiger partial charge in [0, 0.05) is 36.8 Å². The maximum Gasteiger partial charge on any atom is 0.209 e. The van der Waals surface area contributed by atoms with E-state index >= 15 is 0 Å². The highest BCUT2D eigenvalue weighted by molar-refractivity contribution is 5.48. The maximum atomic E-state index is 11.8. The van der Waals surface area contributed by atoms with E-state index in [0.717, 1.165) is 54.4 Å². The van der Waals surface area contributed by atoms with E-state index in [-0.39, 0.29) is 0 Å². The lowest BCUT2D eigenvalue weighted by molar-refractivity contribution is -0.126. The highest BCUT2D eigenvalue weighted by Gasteiger charge is 2.45. The van der Waals surface area contributed by atoms with Crippen molar-refractivity contribution >= 4 is 6.41 Å². The molecule has 32 heavy (non-hydrogen) atoms. The summed E-state index contributed by atoms with van der Waals surface area (Å²) >= 11 is 0. The Kier molecular flexibility index (Phi) is 7.48. The zero-order valence-corrected chi connectivity index (χ0v) is 20.9. The molecule has 9 atom stereocenters. The summed E-state index contributed by atoms with van der Waals surface area (Å²) in [5.74, 6) is 3.24. The molecule has 4 heterocycles. The molecule has 4 heteroatoms. The molecule has 1 saturated carbocycles. The van der Waals surface area contributed by atoms with E-state index in [1.54, 1.807) is 0 Å². The topological polar surface area (TPSA) is 35.6 Å². The zero-order valence-electron chi connectivity index (χ0n) is 20.9. The van der Waals surface area contributed by atoms with Gasteiger partial charge in [0.1, 0.15) is 0 Å². The van der Waals surface area contributed by atoms with Crippen molar-refractivity contribution in [2.45, 2.75) is 134 Å². The molecule has 0 aromatic rings. The van der Waals surface area contributed by atoms with E-state index in [0.29, 0.717) is 6.04 Å². The molecule has 0 bridgehead atoms. The lowest BCUT2D eigenvalue weighted by Crippen LogP contribution is -2.58. The van der Waals surface area contributed by atoms with Crippen LogP contribution < -0.4 is 5.32 Å². The number of fused-ring (bicyclic) bond motifs is 2. The molecule has 4 aliphatic heterocycles. The van der Waals surface area contributed by atoms with Crippen LogP contribution in [0.15, 0.2) is 0 Å². The fraction of sp³-hybridized carbons (Fsp3) is 0.964. The van der Waals surface area contributed by atoms with Gasteiger partial charge in [-0.1, -0.05) is 26.7 Å². The molecule has 0 radical (unpaired) electrons. The normalized spacial score (nSPS) is 45.7. The summed E-state index contributed by atoms with van der Waals surface area (Å²) < 4.78 is 0. The van der Waals surface area contributed by atoms with Crippen LogP contribution >= 0.6 is 0 Å². The first kappa shape index (κ1) is 23.1. The Hall–Kier alpha value is -0.610. The van der Waals surface area contributed by atoms with Crippen LogP contribution in [0, 0.1) is 23.7 Å². The van der Waals surface area contributed by atoms with E-state index in [4.69, 9.17) is 0 Å². The number of amides is 1. The summed E-state index contributed by atoms with van der Waals surface area (Å²) in [5.41, 5.74) is 0. The van der Waals surface area contributed by atoms with E-state index in [1.807, 2.05) is 0 Å². The van der Waals surface area contributed by atoms with Crippen molar-refractivity contribution in [3.63, 3.8) is 0 Å². The summed E-state index contributed by atoms with van der Waals surface area (Å²) in [5, 5.41) is 3.86. The molecular formula is C28H49N3O. The van der Waals surface area contributed by atoms with Gasteiger partial charge >= 0.3 is 0 Å². The Bertz CT molecular complexity index is 620. The molecule has 1 amide bonds. The number of carbonyl (C=O) groups is 1. The van der Waals surface area contributed by atoms with Crippen molar-refractivity contribution in [3.05, 3.63) is 0 Å². The second-order valence-corrected chi connectivity index (χ2v) is 12.6. The smallest absolute Gasteiger partial charge is 0.209 e. The van der Waals surface area contributed by atoms with E-state index in [2.05, 4.69) is 29.0 Å². The molecule has 0 aromatic heterocycles. The number of likely N-dealkylation sites (tertiary alicyclic amines) is 1. The molecule has 0 aromatic carbocycles. The molecule has 1 N–H and O–H groups in total. The van der Waals surface area contributed by atoms with E-state index in [1.165, 1.54) is 103 Å². The molecular weight excluding hydrogens is 394 g/mol. The standard InChI is InChI=1S/C28H49N3O/c1-20-13-22(27-10-6-12-30(19-32)28(27)16-20)17-25-9-5-8-24-14-21(2)15-26(31(24)25)18-23-7-3-4-11-29-23/h19-29H,3-18H2,1-2H3/t20-,21-,22-,23-,24-,25-,26+,27-,28-/m0/s1. The molecule has 1 aliphatic carbocycles. The monoisotopic (exact) mass is 443 g/mol. The number of rotatable bonds is 5. The Morgan fingerprint density at radius 3 is 2.53 bits per heavy atom. The van der Waals surface area contributed by atoms with Crippen molar-refractivity contribution in [3.8, 4) is 0 Å². The maximum absolute atomic E-state index is 11.8. The number of piperidine rings is 4. The van der Waals surface area contributed by atoms with Crippen molar-refractivity contribution in [1.82, 2.24) is 15.1 Å². The lowest BCUT2D eigenvalue weighted by atomic mass is 9.65. The van der Waals surface area contributed by atoms with E-state index < -0.39 is 0 Å². The van der Waals surface area contributed by atoms with Gasteiger partial charge in [-0.2, -0.15) is 0 Å². The molecule has 4 nitrogen and oxygen atoms in total. The van der Waals surface area contributed by atoms with Gasteiger partial charge in [0.05, 0.1) is 0 Å². The average Bonchev–Trinajstić information content (AvgIpc) is 2.79. The highest BCUT2D eigenvalue weighted by Crippen LogP contribution is 2.46. The lowest BCUT2D eigenvalue weighted by Gasteiger charge is -2.55. The van der Waals surface area contributed by atoms with Crippen LogP contribution in [0.1, 0.15) is 104 Å². The summed E-state index contributed by atoms with van der Waals surface area (Å²) in [6.07, 6.45) is 20.5. The highest BCUT2D eigenvalue weighted by atomic mass is 16.1. The first-order valence-electron chi connectivity index (χ1n) is 14.3. The molecule has 0 spiro atoms. The predicted molar refractivity (Wildman–Crippen MR) is 131 cm³/mol. The summed E-state index contributed by atoms with van der Waals surface area (Å²) in [6, 6.07) is 3.69. The summed E-state index contributed by atoms with van der Waals surface area (Å²) in [6.45, 7) is 7.20. The van der Waals surface area contributed by atoms with E-state index in [9.17, 15) is 4.79 Å². The van der Waals surface area contributed by atoms with Gasteiger partial charge in [-0.15, -0.1) is 0 Å². The van der Waals surface area contributed by atoms with Gasteiger partial charge in [0.15, 0.2) is 0 Å². The second-order valence-electron chi connectivity index (χ2n) is 12.6. The molecule has 4 saturated heterocycles. The minimum atomic E-state index is 0.526. The van der Waals surface area contributed by atoms with Gasteiger partial charge in [-0.3, -0.25) is 9.69 Å². The minimum absolute atomic E-state index is 0.526. The quantitative estimate of drug-likeness (QED) is 0.592. The average molecular weight is 444 g/mol. The third kappa shape index (κ3) is 4.92. The van der Waals surface area contributed by atoms with Crippen LogP contribution in [0.3, 0.4) is 0 Å². The van der Waals surface area contributed by atoms with Crippen LogP contribution in [0.25, 0.3) is 0 Å². The summed E-state index contributed by atoms with van der Waals surface area (Å²) in [7, 11) is 0. The van der Waals surface area contributed by atoms with Crippen LogP contribution in [0.4, 0.5) is 0 Å². The summed E-state index contributed by atoms with van der Waals surface area (Å²) in [4.78, 5) is 17.1. The fourth-order valence-electron chi connectivity index (χ4n) is 9.00. The molecule has 0 unspecified atom stereocenters. The molecule has 5 rings (SSSR count). The first-order valence-corrected chi connectivity index (χ1v) is 14.3. The Morgan fingerprint density at radius 2 is 1.72 bits per heavy atom. The Morgan fingerprint density at radius 1 is 0.844 bits per heavy atom. The molecule has 5 fully saturated rings. The third-order valence-electron chi connectivity index (χ3n) is 10.2. The Labute approximate surface area is 197 Å². The van der Waals surface area contributed by atoms with Crippen molar-refractivity contribution in [1.29, 1.82) is 0 Å². The van der Waals surface area contributed by atoms with Crippen molar-refractivity contribution < 1.29 is 4.79 Å². The Balaban J connectivity index is 1.31. The fourth-order valence-corrected chi connectivity index (χ4v) is 9.00. The molecule has 5 aliphatic rings. The number of carbonyl (C=O) groups excluding carboxylic acids is 1. The van der Waals surface area contributed by atoms with Crippen molar-refractivity contribution in [2.75, 3.05) is 13.1 Å². The number of nitrogens with zero attached hydrogens (tertiary/aromatic N) is 2. The first-order chi connectivity index (χ1) is 15.6. The second kappa shape index (κ2) is 10.3. The largest absolute Gasteiger partial charge is 0.342 e. The van der Waals surface area contributed by atoms with Crippen molar-refractivity contribution in [2.24, 2.45) is 23.7 Å².